The van der Waals surface area contributed by atoms with Crippen molar-refractivity contribution in [3.8, 4) is 0 Å². The highest BCUT2D eigenvalue weighted by Gasteiger charge is 2.24. The third-order valence-electron chi connectivity index (χ3n) is 4.50. The van der Waals surface area contributed by atoms with Crippen LogP contribution in [0.5, 0.6) is 0 Å². The summed E-state index contributed by atoms with van der Waals surface area (Å²) < 4.78 is 6.16. The van der Waals surface area contributed by atoms with Gasteiger partial charge in [0.1, 0.15) is 6.04 Å². The first-order valence-corrected chi connectivity index (χ1v) is 11.5. The third kappa shape index (κ3) is 5.57. The minimum atomic E-state index is -0.928. The van der Waals surface area contributed by atoms with Gasteiger partial charge in [-0.1, -0.05) is 59.9 Å². The van der Waals surface area contributed by atoms with Crippen LogP contribution in [0.3, 0.4) is 0 Å². The number of nitrogens with zero attached hydrogens (tertiary/aromatic N) is 1. The second-order valence-electron chi connectivity index (χ2n) is 6.84. The van der Waals surface area contributed by atoms with Crippen molar-refractivity contribution in [3.05, 3.63) is 82.6 Å². The molecule has 7 nitrogen and oxygen atoms in total. The Labute approximate surface area is 192 Å². The van der Waals surface area contributed by atoms with E-state index < -0.39 is 24.5 Å². The number of benzene rings is 2. The van der Waals surface area contributed by atoms with Crippen LogP contribution in [0.2, 0.25) is 0 Å². The first-order chi connectivity index (χ1) is 15.6. The van der Waals surface area contributed by atoms with Gasteiger partial charge in [-0.3, -0.25) is 14.9 Å². The number of thiophene rings is 1. The fourth-order valence-corrected chi connectivity index (χ4v) is 4.51. The molecule has 1 atom stereocenters. The first kappa shape index (κ1) is 21.7. The normalized spacial score (nSPS) is 11.6. The smallest absolute Gasteiger partial charge is 0.329 e. The first-order valence-electron chi connectivity index (χ1n) is 9.79. The standard InChI is InChI=1S/C23H19N3O4S2/c27-20(26-23-25-16-9-4-5-10-18(16)32-23)14-30-22(29)17(13-15-7-2-1-3-8-15)24-21(28)19-11-6-12-31-19/h1-12,17H,13-14H2,(H,24,28)(H,25,26,27). The van der Waals surface area contributed by atoms with Crippen LogP contribution in [0.25, 0.3) is 10.2 Å². The Morgan fingerprint density at radius 2 is 1.75 bits per heavy atom. The van der Waals surface area contributed by atoms with Crippen LogP contribution >= 0.6 is 22.7 Å². The summed E-state index contributed by atoms with van der Waals surface area (Å²) in [5.74, 6) is -1.55. The lowest BCUT2D eigenvalue weighted by Gasteiger charge is -2.17. The van der Waals surface area contributed by atoms with E-state index in [1.54, 1.807) is 17.5 Å². The summed E-state index contributed by atoms with van der Waals surface area (Å²) in [4.78, 5) is 42.3. The molecule has 0 aliphatic rings. The molecule has 4 aromatic rings. The molecule has 9 heteroatoms. The summed E-state index contributed by atoms with van der Waals surface area (Å²) in [5.41, 5.74) is 1.64. The molecule has 2 aromatic carbocycles. The number of fused-ring (bicyclic) bond motifs is 1. The predicted octanol–water partition coefficient (Wildman–Crippen LogP) is 3.88. The molecule has 0 radical (unpaired) electrons. The number of ether oxygens (including phenoxy) is 1. The molecule has 0 spiro atoms. The third-order valence-corrected chi connectivity index (χ3v) is 6.32. The SMILES string of the molecule is O=C(COC(=O)C(Cc1ccccc1)NC(=O)c1cccs1)Nc1nc2ccccc2s1. The van der Waals surface area contributed by atoms with Crippen molar-refractivity contribution >= 4 is 55.8 Å². The molecule has 4 rings (SSSR count). The highest BCUT2D eigenvalue weighted by molar-refractivity contribution is 7.22. The van der Waals surface area contributed by atoms with E-state index in [0.717, 1.165) is 15.8 Å². The summed E-state index contributed by atoms with van der Waals surface area (Å²) in [6.07, 6.45) is 0.246. The second kappa shape index (κ2) is 10.2. The minimum absolute atomic E-state index is 0.246. The topological polar surface area (TPSA) is 97.4 Å². The summed E-state index contributed by atoms with van der Waals surface area (Å²) >= 11 is 2.61. The minimum Gasteiger partial charge on any atom is -0.454 e. The lowest BCUT2D eigenvalue weighted by atomic mass is 10.1. The van der Waals surface area contributed by atoms with Crippen LogP contribution in [0, 0.1) is 0 Å². The van der Waals surface area contributed by atoms with Crippen LogP contribution < -0.4 is 10.6 Å². The van der Waals surface area contributed by atoms with E-state index in [0.29, 0.717) is 10.0 Å². The largest absolute Gasteiger partial charge is 0.454 e. The van der Waals surface area contributed by atoms with Crippen molar-refractivity contribution in [1.82, 2.24) is 10.3 Å². The molecule has 2 amide bonds. The van der Waals surface area contributed by atoms with Gasteiger partial charge in [0.15, 0.2) is 11.7 Å². The zero-order valence-corrected chi connectivity index (χ0v) is 18.4. The molecule has 2 aromatic heterocycles. The summed E-state index contributed by atoms with van der Waals surface area (Å²) in [5, 5.41) is 7.57. The molecule has 32 heavy (non-hydrogen) atoms. The number of hydrogen-bond donors (Lipinski definition) is 2. The number of rotatable bonds is 8. The predicted molar refractivity (Wildman–Crippen MR) is 125 cm³/mol. The zero-order valence-electron chi connectivity index (χ0n) is 16.8. The molecule has 2 N–H and O–H groups in total. The second-order valence-corrected chi connectivity index (χ2v) is 8.81. The number of anilines is 1. The highest BCUT2D eigenvalue weighted by Crippen LogP contribution is 2.25. The maximum absolute atomic E-state index is 12.7. The highest BCUT2D eigenvalue weighted by atomic mass is 32.1. The number of para-hydroxylation sites is 1. The van der Waals surface area contributed by atoms with Crippen molar-refractivity contribution in [2.75, 3.05) is 11.9 Å². The fourth-order valence-electron chi connectivity index (χ4n) is 3.00. The Balaban J connectivity index is 1.38. The molecular formula is C23H19N3O4S2. The van der Waals surface area contributed by atoms with Gasteiger partial charge in [-0.15, -0.1) is 11.3 Å². The molecular weight excluding hydrogens is 446 g/mol. The van der Waals surface area contributed by atoms with Crippen molar-refractivity contribution in [1.29, 1.82) is 0 Å². The number of esters is 1. The van der Waals surface area contributed by atoms with Crippen molar-refractivity contribution in [2.45, 2.75) is 12.5 Å². The molecule has 0 aliphatic carbocycles. The number of thiazole rings is 1. The van der Waals surface area contributed by atoms with Crippen molar-refractivity contribution in [2.24, 2.45) is 0 Å². The maximum Gasteiger partial charge on any atom is 0.329 e. The zero-order chi connectivity index (χ0) is 22.3. The molecule has 0 saturated carbocycles. The maximum atomic E-state index is 12.7. The van der Waals surface area contributed by atoms with Gasteiger partial charge in [0, 0.05) is 6.42 Å². The van der Waals surface area contributed by atoms with Gasteiger partial charge in [-0.2, -0.15) is 0 Å². The number of hydrogen-bond acceptors (Lipinski definition) is 7. The molecule has 0 fully saturated rings. The average Bonchev–Trinajstić information content (AvgIpc) is 3.47. The van der Waals surface area contributed by atoms with Crippen LogP contribution in [-0.2, 0) is 20.7 Å². The van der Waals surface area contributed by atoms with E-state index in [2.05, 4.69) is 15.6 Å². The molecule has 1 unspecified atom stereocenters. The van der Waals surface area contributed by atoms with Gasteiger partial charge in [0.05, 0.1) is 15.1 Å². The van der Waals surface area contributed by atoms with E-state index in [4.69, 9.17) is 4.74 Å². The van der Waals surface area contributed by atoms with E-state index in [1.165, 1.54) is 22.7 Å². The van der Waals surface area contributed by atoms with E-state index in [9.17, 15) is 14.4 Å². The molecule has 162 valence electrons. The number of amides is 2. The monoisotopic (exact) mass is 465 g/mol. The average molecular weight is 466 g/mol. The van der Waals surface area contributed by atoms with Gasteiger partial charge >= 0.3 is 5.97 Å². The van der Waals surface area contributed by atoms with Gasteiger partial charge < -0.3 is 10.1 Å². The van der Waals surface area contributed by atoms with Crippen LogP contribution in [0.4, 0.5) is 5.13 Å². The van der Waals surface area contributed by atoms with Gasteiger partial charge in [-0.25, -0.2) is 9.78 Å². The van der Waals surface area contributed by atoms with Crippen molar-refractivity contribution < 1.29 is 19.1 Å². The number of carbonyl (C=O) groups excluding carboxylic acids is 3. The molecule has 2 heterocycles. The Bertz CT molecular complexity index is 1190. The number of nitrogens with one attached hydrogen (secondary N) is 2. The molecule has 0 saturated heterocycles. The van der Waals surface area contributed by atoms with Crippen LogP contribution in [0.1, 0.15) is 15.2 Å². The lowest BCUT2D eigenvalue weighted by molar-refractivity contribution is -0.149. The van der Waals surface area contributed by atoms with E-state index >= 15 is 0 Å². The molecule has 0 aliphatic heterocycles. The Morgan fingerprint density at radius 3 is 2.50 bits per heavy atom. The summed E-state index contributed by atoms with van der Waals surface area (Å²) in [7, 11) is 0. The summed E-state index contributed by atoms with van der Waals surface area (Å²) in [6, 6.07) is 19.3. The molecule has 0 bridgehead atoms. The Kier molecular flexibility index (Phi) is 6.88. The van der Waals surface area contributed by atoms with Crippen LogP contribution in [-0.4, -0.2) is 35.4 Å². The summed E-state index contributed by atoms with van der Waals surface area (Å²) in [6.45, 7) is -0.477. The quantitative estimate of drug-likeness (QED) is 0.385. The van der Waals surface area contributed by atoms with Gasteiger partial charge in [0.2, 0.25) is 0 Å². The van der Waals surface area contributed by atoms with Crippen molar-refractivity contribution in [3.63, 3.8) is 0 Å². The van der Waals surface area contributed by atoms with Gasteiger partial charge in [0.25, 0.3) is 11.8 Å². The Morgan fingerprint density at radius 1 is 0.969 bits per heavy atom. The Hall–Kier alpha value is -3.56. The number of aromatic nitrogens is 1. The van der Waals surface area contributed by atoms with Gasteiger partial charge in [-0.05, 0) is 29.1 Å². The number of carbonyl (C=O) groups is 3. The van der Waals surface area contributed by atoms with E-state index in [1.807, 2.05) is 54.6 Å². The fraction of sp³-hybridized carbons (Fsp3) is 0.130. The van der Waals surface area contributed by atoms with Crippen LogP contribution in [0.15, 0.2) is 72.1 Å². The van der Waals surface area contributed by atoms with E-state index in [-0.39, 0.29) is 12.3 Å². The lowest BCUT2D eigenvalue weighted by Crippen LogP contribution is -2.43.